The van der Waals surface area contributed by atoms with Crippen molar-refractivity contribution in [3.8, 4) is 28.0 Å². The maximum atomic E-state index is 15.5. The minimum Gasteiger partial charge on any atom is -0.490 e. The molecule has 0 aromatic heterocycles. The predicted molar refractivity (Wildman–Crippen MR) is 186 cm³/mol. The lowest BCUT2D eigenvalue weighted by Gasteiger charge is -2.38. The number of halogens is 4. The van der Waals surface area contributed by atoms with Gasteiger partial charge in [-0.3, -0.25) is 0 Å². The lowest BCUT2D eigenvalue weighted by Crippen LogP contribution is -2.25. The molecule has 0 aliphatic heterocycles. The van der Waals surface area contributed by atoms with Gasteiger partial charge in [-0.1, -0.05) is 94.0 Å². The summed E-state index contributed by atoms with van der Waals surface area (Å²) in [4.78, 5) is 0. The van der Waals surface area contributed by atoms with Crippen LogP contribution >= 0.6 is 0 Å². The van der Waals surface area contributed by atoms with Crippen LogP contribution in [0.15, 0.2) is 60.7 Å². The van der Waals surface area contributed by atoms with Gasteiger partial charge in [0.25, 0.3) is 0 Å². The summed E-state index contributed by atoms with van der Waals surface area (Å²) in [5.74, 6) is -1.31. The largest absolute Gasteiger partial charge is 0.490 e. The van der Waals surface area contributed by atoms with Crippen molar-refractivity contribution in [2.75, 3.05) is 6.61 Å². The number of unbranched alkanes of at least 4 members (excludes halogenated alkanes) is 4. The number of hydrogen-bond donors (Lipinski definition) is 0. The average molecular weight is 649 g/mol. The molecule has 0 N–H and O–H groups in total. The van der Waals surface area contributed by atoms with Gasteiger partial charge in [0, 0.05) is 11.1 Å². The van der Waals surface area contributed by atoms with E-state index < -0.39 is 23.3 Å². The van der Waals surface area contributed by atoms with Crippen LogP contribution in [0.4, 0.5) is 17.6 Å². The van der Waals surface area contributed by atoms with Crippen molar-refractivity contribution in [1.82, 2.24) is 0 Å². The zero-order valence-corrected chi connectivity index (χ0v) is 28.3. The van der Waals surface area contributed by atoms with Crippen LogP contribution in [0.2, 0.25) is 0 Å². The predicted octanol–water partition coefficient (Wildman–Crippen LogP) is 13.4. The molecule has 3 aromatic carbocycles. The van der Waals surface area contributed by atoms with Gasteiger partial charge in [-0.2, -0.15) is 4.39 Å². The van der Waals surface area contributed by atoms with Crippen LogP contribution in [0.5, 0.6) is 5.75 Å². The monoisotopic (exact) mass is 648 g/mol. The molecule has 5 rings (SSSR count). The molecule has 254 valence electrons. The van der Waals surface area contributed by atoms with E-state index in [4.69, 9.17) is 4.74 Å². The third-order valence-corrected chi connectivity index (χ3v) is 10.9. The molecule has 2 aliphatic rings. The van der Waals surface area contributed by atoms with Crippen LogP contribution in [0.1, 0.15) is 122 Å². The number of allylic oxidation sites excluding steroid dienone is 2. The highest BCUT2D eigenvalue weighted by Gasteiger charge is 2.32. The van der Waals surface area contributed by atoms with E-state index in [0.717, 1.165) is 69.6 Å². The molecule has 0 heterocycles. The average Bonchev–Trinajstić information content (AvgIpc) is 3.10. The first kappa shape index (κ1) is 35.2. The molecule has 0 saturated heterocycles. The highest BCUT2D eigenvalue weighted by atomic mass is 19.2. The number of benzene rings is 3. The summed E-state index contributed by atoms with van der Waals surface area (Å²) in [5, 5.41) is 0. The van der Waals surface area contributed by atoms with Crippen molar-refractivity contribution in [1.29, 1.82) is 0 Å². The van der Waals surface area contributed by atoms with Gasteiger partial charge in [0.2, 0.25) is 5.82 Å². The van der Waals surface area contributed by atoms with Gasteiger partial charge < -0.3 is 4.74 Å². The highest BCUT2D eigenvalue weighted by molar-refractivity contribution is 5.72. The molecular weight excluding hydrogens is 596 g/mol. The molecule has 2 aliphatic carbocycles. The van der Waals surface area contributed by atoms with Crippen molar-refractivity contribution in [2.45, 2.75) is 116 Å². The second-order valence-electron chi connectivity index (χ2n) is 13.9. The zero-order chi connectivity index (χ0) is 33.2. The second-order valence-corrected chi connectivity index (χ2v) is 13.9. The topological polar surface area (TPSA) is 9.23 Å². The van der Waals surface area contributed by atoms with E-state index in [1.54, 1.807) is 36.4 Å². The molecule has 3 aromatic rings. The standard InChI is InChI=1S/C42H52F4O/c1-3-5-7-8-10-28-47-38-27-26-37(41(45)42(38)46)34-22-20-33(21-23-34)36-25-24-35(39(43)40(36)44)32-18-16-31(17-19-32)30-14-12-29(13-15-30)11-9-6-4-2/h4,6,20-27,29-32H,3,5,7-19,28H2,1-2H3. The van der Waals surface area contributed by atoms with Crippen molar-refractivity contribution < 1.29 is 22.3 Å². The van der Waals surface area contributed by atoms with Crippen LogP contribution in [0, 0.1) is 41.0 Å². The van der Waals surface area contributed by atoms with E-state index >= 15 is 13.2 Å². The molecule has 0 amide bonds. The molecule has 2 saturated carbocycles. The lowest BCUT2D eigenvalue weighted by atomic mass is 9.68. The Morgan fingerprint density at radius 1 is 0.638 bits per heavy atom. The first-order valence-electron chi connectivity index (χ1n) is 18.2. The molecule has 0 atom stereocenters. The van der Waals surface area contributed by atoms with Crippen LogP contribution in [0.25, 0.3) is 22.3 Å². The maximum absolute atomic E-state index is 15.5. The fourth-order valence-electron chi connectivity index (χ4n) is 8.03. The van der Waals surface area contributed by atoms with Crippen LogP contribution in [-0.2, 0) is 0 Å². The molecule has 0 bridgehead atoms. The van der Waals surface area contributed by atoms with E-state index in [1.807, 2.05) is 0 Å². The minimum atomic E-state index is -1.01. The molecule has 0 radical (unpaired) electrons. The molecule has 1 nitrogen and oxygen atoms in total. The van der Waals surface area contributed by atoms with E-state index in [1.165, 1.54) is 50.7 Å². The van der Waals surface area contributed by atoms with E-state index in [0.29, 0.717) is 29.2 Å². The molecule has 0 unspecified atom stereocenters. The Morgan fingerprint density at radius 2 is 1.21 bits per heavy atom. The summed E-state index contributed by atoms with van der Waals surface area (Å²) in [7, 11) is 0. The van der Waals surface area contributed by atoms with Gasteiger partial charge in [-0.15, -0.1) is 0 Å². The molecule has 0 spiro atoms. The van der Waals surface area contributed by atoms with E-state index in [2.05, 4.69) is 26.0 Å². The van der Waals surface area contributed by atoms with Crippen molar-refractivity contribution in [3.05, 3.63) is 89.5 Å². The first-order valence-corrected chi connectivity index (χ1v) is 18.2. The summed E-state index contributed by atoms with van der Waals surface area (Å²) in [5.41, 5.74) is 1.69. The number of hydrogen-bond acceptors (Lipinski definition) is 1. The van der Waals surface area contributed by atoms with Crippen LogP contribution in [-0.4, -0.2) is 6.61 Å². The Bertz CT molecular complexity index is 1450. The summed E-state index contributed by atoms with van der Waals surface area (Å²) in [6.07, 6.45) is 21.4. The summed E-state index contributed by atoms with van der Waals surface area (Å²) in [6.45, 7) is 4.57. The summed E-state index contributed by atoms with van der Waals surface area (Å²) < 4.78 is 66.3. The lowest BCUT2D eigenvalue weighted by molar-refractivity contribution is 0.156. The van der Waals surface area contributed by atoms with E-state index in [-0.39, 0.29) is 22.8 Å². The molecule has 47 heavy (non-hydrogen) atoms. The minimum absolute atomic E-state index is 0.0419. The van der Waals surface area contributed by atoms with Gasteiger partial charge in [0.1, 0.15) is 0 Å². The number of ether oxygens (including phenoxy) is 1. The Balaban J connectivity index is 1.17. The van der Waals surface area contributed by atoms with Crippen LogP contribution < -0.4 is 4.74 Å². The van der Waals surface area contributed by atoms with Crippen LogP contribution in [0.3, 0.4) is 0 Å². The zero-order valence-electron chi connectivity index (χ0n) is 28.3. The normalized spacial score (nSPS) is 21.7. The Labute approximate surface area is 279 Å². The Kier molecular flexibility index (Phi) is 13.0. The van der Waals surface area contributed by atoms with Gasteiger partial charge >= 0.3 is 0 Å². The van der Waals surface area contributed by atoms with Gasteiger partial charge in [-0.05, 0) is 117 Å². The molecular formula is C42H52F4O. The van der Waals surface area contributed by atoms with E-state index in [9.17, 15) is 4.39 Å². The molecule has 2 fully saturated rings. The number of rotatable bonds is 14. The first-order chi connectivity index (χ1) is 22.9. The second kappa shape index (κ2) is 17.4. The Morgan fingerprint density at radius 3 is 1.83 bits per heavy atom. The van der Waals surface area contributed by atoms with Crippen molar-refractivity contribution in [3.63, 3.8) is 0 Å². The molecule has 5 heteroatoms. The van der Waals surface area contributed by atoms with Gasteiger partial charge in [0.05, 0.1) is 6.61 Å². The van der Waals surface area contributed by atoms with Gasteiger partial charge in [-0.25, -0.2) is 13.2 Å². The highest BCUT2D eigenvalue weighted by Crippen LogP contribution is 2.45. The third kappa shape index (κ3) is 8.89. The summed E-state index contributed by atoms with van der Waals surface area (Å²) >= 11 is 0. The fraction of sp³-hybridized carbons (Fsp3) is 0.524. The van der Waals surface area contributed by atoms with Crippen molar-refractivity contribution in [2.24, 2.45) is 17.8 Å². The third-order valence-electron chi connectivity index (χ3n) is 10.9. The fourth-order valence-corrected chi connectivity index (χ4v) is 8.03. The maximum Gasteiger partial charge on any atom is 0.201 e. The summed E-state index contributed by atoms with van der Waals surface area (Å²) in [6, 6.07) is 12.9. The Hall–Kier alpha value is -3.08. The quantitative estimate of drug-likeness (QED) is 0.0960. The SMILES string of the molecule is CC=CCCC1CCC(C2CCC(c3ccc(-c4ccc(-c5ccc(OCCCCCCC)c(F)c5F)cc4)c(F)c3F)CC2)CC1. The van der Waals surface area contributed by atoms with Crippen molar-refractivity contribution >= 4 is 0 Å². The smallest absolute Gasteiger partial charge is 0.201 e. The van der Waals surface area contributed by atoms with Gasteiger partial charge in [0.15, 0.2) is 23.2 Å².